The Morgan fingerprint density at radius 3 is 2.73 bits per heavy atom. The average molecular weight is 411 g/mol. The first-order valence-electron chi connectivity index (χ1n) is 10.5. The predicted octanol–water partition coefficient (Wildman–Crippen LogP) is 3.44. The molecule has 1 fully saturated rings. The van der Waals surface area contributed by atoms with Gasteiger partial charge in [0.25, 0.3) is 0 Å². The van der Waals surface area contributed by atoms with Gasteiger partial charge in [0, 0.05) is 55.8 Å². The van der Waals surface area contributed by atoms with Crippen LogP contribution in [0.15, 0.2) is 79.5 Å². The molecule has 3 N–H and O–H groups in total. The van der Waals surface area contributed by atoms with Crippen molar-refractivity contribution in [3.8, 4) is 0 Å². The summed E-state index contributed by atoms with van der Waals surface area (Å²) in [7, 11) is 0. The molecule has 164 valence electrons. The second kappa shape index (κ2) is 16.0. The molecule has 1 atom stereocenters. The molecule has 2 heterocycles. The van der Waals surface area contributed by atoms with E-state index >= 15 is 0 Å². The van der Waals surface area contributed by atoms with Gasteiger partial charge in [-0.3, -0.25) is 4.98 Å². The van der Waals surface area contributed by atoms with Crippen LogP contribution in [0.4, 0.5) is 0 Å². The van der Waals surface area contributed by atoms with Crippen molar-refractivity contribution in [1.82, 2.24) is 25.9 Å². The molecule has 0 aromatic carbocycles. The van der Waals surface area contributed by atoms with E-state index in [-0.39, 0.29) is 0 Å². The first kappa shape index (κ1) is 25.2. The molecule has 6 heteroatoms. The minimum atomic E-state index is 0.463. The van der Waals surface area contributed by atoms with Crippen LogP contribution in [-0.2, 0) is 0 Å². The van der Waals surface area contributed by atoms with E-state index in [0.29, 0.717) is 12.6 Å². The summed E-state index contributed by atoms with van der Waals surface area (Å²) in [5.41, 5.74) is 6.19. The number of hydrogen-bond acceptors (Lipinski definition) is 6. The molecule has 1 aliphatic heterocycles. The van der Waals surface area contributed by atoms with Crippen molar-refractivity contribution in [2.75, 3.05) is 32.7 Å². The number of allylic oxidation sites excluding steroid dienone is 3. The van der Waals surface area contributed by atoms with E-state index in [2.05, 4.69) is 63.8 Å². The Morgan fingerprint density at radius 1 is 1.33 bits per heavy atom. The number of nitrogens with zero attached hydrogens (tertiary/aromatic N) is 3. The van der Waals surface area contributed by atoms with Gasteiger partial charge in [0.15, 0.2) is 0 Å². The highest BCUT2D eigenvalue weighted by Crippen LogP contribution is 2.12. The van der Waals surface area contributed by atoms with E-state index in [4.69, 9.17) is 0 Å². The molecule has 1 unspecified atom stereocenters. The number of nitrogens with one attached hydrogen (secondary N) is 3. The third-order valence-electron chi connectivity index (χ3n) is 4.48. The van der Waals surface area contributed by atoms with Gasteiger partial charge in [-0.15, -0.1) is 13.2 Å². The third-order valence-corrected chi connectivity index (χ3v) is 4.48. The monoisotopic (exact) mass is 410 g/mol. The van der Waals surface area contributed by atoms with E-state index in [0.717, 1.165) is 56.0 Å². The Bertz CT molecular complexity index is 680. The number of pyridine rings is 1. The fourth-order valence-electron chi connectivity index (χ4n) is 3.08. The fraction of sp³-hybridized carbons (Fsp3) is 0.417. The molecule has 2 rings (SSSR count). The quantitative estimate of drug-likeness (QED) is 0.239. The molecule has 0 saturated carbocycles. The van der Waals surface area contributed by atoms with Crippen molar-refractivity contribution in [2.24, 2.45) is 5.10 Å². The summed E-state index contributed by atoms with van der Waals surface area (Å²) in [5.74, 6) is 0. The normalized spacial score (nSPS) is 16.8. The van der Waals surface area contributed by atoms with Gasteiger partial charge < -0.3 is 21.0 Å². The van der Waals surface area contributed by atoms with E-state index in [1.54, 1.807) is 24.5 Å². The third kappa shape index (κ3) is 10.1. The van der Waals surface area contributed by atoms with E-state index in [9.17, 15) is 0 Å². The molecule has 30 heavy (non-hydrogen) atoms. The Kier molecular flexibility index (Phi) is 13.4. The molecule has 0 spiro atoms. The van der Waals surface area contributed by atoms with E-state index in [1.807, 2.05) is 25.3 Å². The van der Waals surface area contributed by atoms with Gasteiger partial charge in [-0.1, -0.05) is 24.8 Å². The zero-order valence-electron chi connectivity index (χ0n) is 18.6. The highest BCUT2D eigenvalue weighted by Gasteiger charge is 2.19. The first-order valence-corrected chi connectivity index (χ1v) is 10.5. The zero-order chi connectivity index (χ0) is 22.0. The lowest BCUT2D eigenvalue weighted by Crippen LogP contribution is -2.40. The van der Waals surface area contributed by atoms with Crippen molar-refractivity contribution in [2.45, 2.75) is 32.7 Å². The molecule has 6 nitrogen and oxygen atoms in total. The Labute approximate surface area is 182 Å². The van der Waals surface area contributed by atoms with Crippen LogP contribution in [0.2, 0.25) is 0 Å². The molecule has 1 saturated heterocycles. The van der Waals surface area contributed by atoms with Crippen LogP contribution in [0.25, 0.3) is 0 Å². The van der Waals surface area contributed by atoms with Crippen LogP contribution in [0.5, 0.6) is 0 Å². The highest BCUT2D eigenvalue weighted by molar-refractivity contribution is 6.01. The Balaban J connectivity index is 0.00000141. The average Bonchev–Trinajstić information content (AvgIpc) is 2.99. The van der Waals surface area contributed by atoms with Crippen molar-refractivity contribution < 1.29 is 0 Å². The van der Waals surface area contributed by atoms with Crippen molar-refractivity contribution in [3.63, 3.8) is 0 Å². The lowest BCUT2D eigenvalue weighted by molar-refractivity contribution is 0.263. The van der Waals surface area contributed by atoms with Crippen LogP contribution < -0.4 is 16.1 Å². The van der Waals surface area contributed by atoms with Crippen LogP contribution in [0.3, 0.4) is 0 Å². The van der Waals surface area contributed by atoms with Gasteiger partial charge in [0.05, 0.1) is 12.3 Å². The summed E-state index contributed by atoms with van der Waals surface area (Å²) in [4.78, 5) is 6.47. The Hall–Kier alpha value is -2.86. The van der Waals surface area contributed by atoms with Gasteiger partial charge in [0.1, 0.15) is 0 Å². The molecular weight excluding hydrogens is 372 g/mol. The van der Waals surface area contributed by atoms with Gasteiger partial charge in [0.2, 0.25) is 0 Å². The molecule has 0 amide bonds. The summed E-state index contributed by atoms with van der Waals surface area (Å²) in [6.07, 6.45) is 13.1. The van der Waals surface area contributed by atoms with Crippen LogP contribution >= 0.6 is 0 Å². The lowest BCUT2D eigenvalue weighted by atomic mass is 10.1. The smallest absolute Gasteiger partial charge is 0.0714 e. The summed E-state index contributed by atoms with van der Waals surface area (Å²) >= 11 is 0. The minimum Gasteiger partial charge on any atom is -0.389 e. The second-order valence-corrected chi connectivity index (χ2v) is 6.99. The zero-order valence-corrected chi connectivity index (χ0v) is 18.6. The maximum absolute atomic E-state index is 4.48. The predicted molar refractivity (Wildman–Crippen MR) is 129 cm³/mol. The number of rotatable bonds is 10. The van der Waals surface area contributed by atoms with Crippen LogP contribution in [0, 0.1) is 0 Å². The van der Waals surface area contributed by atoms with E-state index in [1.165, 1.54) is 0 Å². The van der Waals surface area contributed by atoms with Crippen molar-refractivity contribution >= 4 is 5.71 Å². The molecule has 0 aliphatic carbocycles. The number of hydrogen-bond donors (Lipinski definition) is 3. The minimum absolute atomic E-state index is 0.463. The van der Waals surface area contributed by atoms with Crippen molar-refractivity contribution in [1.29, 1.82) is 0 Å². The maximum Gasteiger partial charge on any atom is 0.0714 e. The summed E-state index contributed by atoms with van der Waals surface area (Å²) < 4.78 is 0. The first-order chi connectivity index (χ1) is 14.6. The topological polar surface area (TPSA) is 64.6 Å². The molecule has 0 radical (unpaired) electrons. The summed E-state index contributed by atoms with van der Waals surface area (Å²) in [6.45, 7) is 19.8. The van der Waals surface area contributed by atoms with E-state index < -0.39 is 0 Å². The summed E-state index contributed by atoms with van der Waals surface area (Å²) in [5, 5.41) is 11.4. The van der Waals surface area contributed by atoms with Gasteiger partial charge >= 0.3 is 0 Å². The SMILES string of the molecule is C=CC.C=CCN/N=C(\C/C=C/NCC1CCNCCN1C(=C)C)c1ccncc1. The lowest BCUT2D eigenvalue weighted by Gasteiger charge is -2.31. The van der Waals surface area contributed by atoms with Gasteiger partial charge in [-0.2, -0.15) is 5.10 Å². The fourth-order valence-corrected chi connectivity index (χ4v) is 3.08. The largest absolute Gasteiger partial charge is 0.389 e. The molecule has 0 bridgehead atoms. The molecule has 1 aliphatic rings. The second-order valence-electron chi connectivity index (χ2n) is 6.99. The Morgan fingerprint density at radius 2 is 2.07 bits per heavy atom. The van der Waals surface area contributed by atoms with Crippen LogP contribution in [-0.4, -0.2) is 54.4 Å². The highest BCUT2D eigenvalue weighted by atomic mass is 15.3. The standard InChI is InChI=1S/C21H32N6.C3H6/c1-4-10-25-26-21(19-7-12-22-13-8-19)6-5-11-24-17-20-9-14-23-15-16-27(20)18(2)3;1-3-2/h4-5,7-8,11-13,20,23-25H,1-2,6,9-10,14-17H2,3H3;3H,1H2,2H3/b11-5+,26-21+;. The number of aromatic nitrogens is 1. The van der Waals surface area contributed by atoms with Crippen LogP contribution in [0.1, 0.15) is 32.3 Å². The maximum atomic E-state index is 4.48. The van der Waals surface area contributed by atoms with Gasteiger partial charge in [-0.05, 0) is 45.1 Å². The summed E-state index contributed by atoms with van der Waals surface area (Å²) in [6, 6.07) is 4.41. The molecule has 1 aromatic rings. The number of hydrazone groups is 1. The molecule has 1 aromatic heterocycles. The van der Waals surface area contributed by atoms with Crippen molar-refractivity contribution in [3.05, 3.63) is 80.0 Å². The van der Waals surface area contributed by atoms with Gasteiger partial charge in [-0.25, -0.2) is 0 Å². The molecular formula is C24H38N6.